The topological polar surface area (TPSA) is 48.7 Å². The van der Waals surface area contributed by atoms with Gasteiger partial charge >= 0.3 is 0 Å². The molecule has 136 valence electrons. The second kappa shape index (κ2) is 9.23. The number of aryl methyl sites for hydroxylation is 1. The number of furan rings is 1. The molecule has 1 aromatic rings. The second-order valence-corrected chi connectivity index (χ2v) is 6.82. The lowest BCUT2D eigenvalue weighted by Gasteiger charge is -2.32. The zero-order valence-corrected chi connectivity index (χ0v) is 15.7. The number of nitrogens with zero attached hydrogens (tertiary/aromatic N) is 2. The first-order valence-corrected chi connectivity index (χ1v) is 9.35. The molecule has 2 heterocycles. The number of hydrogen-bond acceptors (Lipinski definition) is 4. The highest BCUT2D eigenvalue weighted by atomic mass is 16.3. The third-order valence-corrected chi connectivity index (χ3v) is 5.17. The summed E-state index contributed by atoms with van der Waals surface area (Å²) in [4.78, 5) is 17.1. The molecule has 1 atom stereocenters. The standard InChI is InChI=1S/C19H33N3O2/c1-5-22(6-2)14-17-13-18(15(3)24-17)19(23)20-11-10-16-9-7-8-12-21(16)4/h13,16H,5-12,14H2,1-4H3,(H,20,23)/t16-/m1/s1. The minimum atomic E-state index is -0.0134. The molecule has 1 N–H and O–H groups in total. The predicted octanol–water partition coefficient (Wildman–Crippen LogP) is 3.03. The van der Waals surface area contributed by atoms with Crippen molar-refractivity contribution in [1.29, 1.82) is 0 Å². The van der Waals surface area contributed by atoms with Crippen LogP contribution in [0.25, 0.3) is 0 Å². The summed E-state index contributed by atoms with van der Waals surface area (Å²) in [5.74, 6) is 1.57. The van der Waals surface area contributed by atoms with E-state index in [-0.39, 0.29) is 5.91 Å². The van der Waals surface area contributed by atoms with Gasteiger partial charge in [-0.1, -0.05) is 20.3 Å². The summed E-state index contributed by atoms with van der Waals surface area (Å²) < 4.78 is 5.77. The Morgan fingerprint density at radius 2 is 2.12 bits per heavy atom. The number of carbonyl (C=O) groups excluding carboxylic acids is 1. The van der Waals surface area contributed by atoms with Crippen LogP contribution in [-0.4, -0.2) is 55.0 Å². The number of likely N-dealkylation sites (tertiary alicyclic amines) is 1. The first-order chi connectivity index (χ1) is 11.5. The number of piperidine rings is 1. The van der Waals surface area contributed by atoms with Crippen LogP contribution in [0.15, 0.2) is 10.5 Å². The Hall–Kier alpha value is -1.33. The molecule has 1 aliphatic rings. The lowest BCUT2D eigenvalue weighted by Crippen LogP contribution is -2.39. The Bertz CT molecular complexity index is 523. The van der Waals surface area contributed by atoms with Crippen molar-refractivity contribution in [3.63, 3.8) is 0 Å². The largest absolute Gasteiger partial charge is 0.464 e. The maximum atomic E-state index is 12.4. The Morgan fingerprint density at radius 1 is 1.38 bits per heavy atom. The third-order valence-electron chi connectivity index (χ3n) is 5.17. The Labute approximate surface area is 146 Å². The van der Waals surface area contributed by atoms with Crippen molar-refractivity contribution < 1.29 is 9.21 Å². The quantitative estimate of drug-likeness (QED) is 0.793. The summed E-state index contributed by atoms with van der Waals surface area (Å²) in [7, 11) is 2.19. The van der Waals surface area contributed by atoms with Gasteiger partial charge in [-0.3, -0.25) is 9.69 Å². The first kappa shape index (κ1) is 19.0. The molecule has 1 amide bonds. The fourth-order valence-electron chi connectivity index (χ4n) is 3.47. The highest BCUT2D eigenvalue weighted by molar-refractivity contribution is 5.95. The van der Waals surface area contributed by atoms with Gasteiger partial charge < -0.3 is 14.6 Å². The van der Waals surface area contributed by atoms with Crippen LogP contribution in [-0.2, 0) is 6.54 Å². The van der Waals surface area contributed by atoms with Gasteiger partial charge in [0.05, 0.1) is 12.1 Å². The fraction of sp³-hybridized carbons (Fsp3) is 0.737. The summed E-state index contributed by atoms with van der Waals surface area (Å²) in [5.41, 5.74) is 0.675. The smallest absolute Gasteiger partial charge is 0.254 e. The van der Waals surface area contributed by atoms with E-state index in [1.54, 1.807) is 0 Å². The van der Waals surface area contributed by atoms with Crippen LogP contribution in [0.4, 0.5) is 0 Å². The molecule has 0 bridgehead atoms. The third kappa shape index (κ3) is 5.08. The molecule has 24 heavy (non-hydrogen) atoms. The Kier molecular flexibility index (Phi) is 7.31. The number of nitrogens with one attached hydrogen (secondary N) is 1. The molecule has 0 aliphatic carbocycles. The van der Waals surface area contributed by atoms with Crippen LogP contribution in [0, 0.1) is 6.92 Å². The van der Waals surface area contributed by atoms with Crippen LogP contribution < -0.4 is 5.32 Å². The molecule has 0 aromatic carbocycles. The summed E-state index contributed by atoms with van der Waals surface area (Å²) in [6, 6.07) is 2.50. The van der Waals surface area contributed by atoms with Crippen LogP contribution in [0.1, 0.15) is 61.4 Å². The average Bonchev–Trinajstić information content (AvgIpc) is 2.94. The number of rotatable bonds is 8. The first-order valence-electron chi connectivity index (χ1n) is 9.35. The van der Waals surface area contributed by atoms with Crippen LogP contribution in [0.3, 0.4) is 0 Å². The molecule has 0 spiro atoms. The second-order valence-electron chi connectivity index (χ2n) is 6.82. The van der Waals surface area contributed by atoms with Gasteiger partial charge in [0.25, 0.3) is 5.91 Å². The molecule has 0 radical (unpaired) electrons. The van der Waals surface area contributed by atoms with E-state index in [0.29, 0.717) is 17.4 Å². The van der Waals surface area contributed by atoms with Gasteiger partial charge in [-0.2, -0.15) is 0 Å². The molecule has 1 saturated heterocycles. The van der Waals surface area contributed by atoms with Crippen molar-refractivity contribution >= 4 is 5.91 Å². The summed E-state index contributed by atoms with van der Waals surface area (Å²) in [6.45, 7) is 10.8. The molecule has 0 unspecified atom stereocenters. The van der Waals surface area contributed by atoms with Gasteiger partial charge in [-0.05, 0) is 58.9 Å². The normalized spacial score (nSPS) is 19.0. The summed E-state index contributed by atoms with van der Waals surface area (Å²) >= 11 is 0. The summed E-state index contributed by atoms with van der Waals surface area (Å²) in [6.07, 6.45) is 4.86. The molecule has 0 saturated carbocycles. The number of amides is 1. The minimum absolute atomic E-state index is 0.0134. The lowest BCUT2D eigenvalue weighted by molar-refractivity contribution is 0.0944. The Balaban J connectivity index is 1.84. The molecular weight excluding hydrogens is 302 g/mol. The van der Waals surface area contributed by atoms with Crippen LogP contribution in [0.2, 0.25) is 0 Å². The van der Waals surface area contributed by atoms with Gasteiger partial charge in [-0.25, -0.2) is 0 Å². The predicted molar refractivity (Wildman–Crippen MR) is 97.3 cm³/mol. The fourth-order valence-corrected chi connectivity index (χ4v) is 3.47. The van der Waals surface area contributed by atoms with E-state index < -0.39 is 0 Å². The number of carbonyl (C=O) groups is 1. The van der Waals surface area contributed by atoms with Crippen LogP contribution in [0.5, 0.6) is 0 Å². The molecular formula is C19H33N3O2. The van der Waals surface area contributed by atoms with Gasteiger partial charge in [0.1, 0.15) is 11.5 Å². The molecule has 1 fully saturated rings. The van der Waals surface area contributed by atoms with Crippen molar-refractivity contribution in [2.45, 2.75) is 59.0 Å². The molecule has 2 rings (SSSR count). The molecule has 1 aromatic heterocycles. The summed E-state index contributed by atoms with van der Waals surface area (Å²) in [5, 5.41) is 3.06. The monoisotopic (exact) mass is 335 g/mol. The van der Waals surface area contributed by atoms with Crippen molar-refractivity contribution in [2.75, 3.05) is 33.2 Å². The van der Waals surface area contributed by atoms with Gasteiger partial charge in [0.2, 0.25) is 0 Å². The van der Waals surface area contributed by atoms with Crippen molar-refractivity contribution in [2.24, 2.45) is 0 Å². The van der Waals surface area contributed by atoms with Gasteiger partial charge in [0.15, 0.2) is 0 Å². The molecule has 5 heteroatoms. The Morgan fingerprint density at radius 3 is 2.79 bits per heavy atom. The highest BCUT2D eigenvalue weighted by Gasteiger charge is 2.20. The van der Waals surface area contributed by atoms with Crippen molar-refractivity contribution in [1.82, 2.24) is 15.1 Å². The zero-order chi connectivity index (χ0) is 17.5. The van der Waals surface area contributed by atoms with E-state index in [2.05, 4.69) is 36.0 Å². The minimum Gasteiger partial charge on any atom is -0.464 e. The molecule has 5 nitrogen and oxygen atoms in total. The maximum Gasteiger partial charge on any atom is 0.254 e. The van der Waals surface area contributed by atoms with Gasteiger partial charge in [0, 0.05) is 12.6 Å². The van der Waals surface area contributed by atoms with Crippen molar-refractivity contribution in [3.05, 3.63) is 23.2 Å². The van der Waals surface area contributed by atoms with E-state index in [4.69, 9.17) is 4.42 Å². The molecule has 1 aliphatic heterocycles. The van der Waals surface area contributed by atoms with E-state index in [0.717, 1.165) is 38.4 Å². The number of hydrogen-bond donors (Lipinski definition) is 1. The van der Waals surface area contributed by atoms with Gasteiger partial charge in [-0.15, -0.1) is 0 Å². The average molecular weight is 335 g/mol. The van der Waals surface area contributed by atoms with Crippen LogP contribution >= 0.6 is 0 Å². The maximum absolute atomic E-state index is 12.4. The van der Waals surface area contributed by atoms with E-state index in [1.165, 1.54) is 25.8 Å². The van der Waals surface area contributed by atoms with E-state index >= 15 is 0 Å². The zero-order valence-electron chi connectivity index (χ0n) is 15.7. The van der Waals surface area contributed by atoms with Crippen molar-refractivity contribution in [3.8, 4) is 0 Å². The van der Waals surface area contributed by atoms with E-state index in [9.17, 15) is 4.79 Å². The highest BCUT2D eigenvalue weighted by Crippen LogP contribution is 2.18. The SMILES string of the molecule is CCN(CC)Cc1cc(C(=O)NCC[C@H]2CCCCN2C)c(C)o1. The van der Waals surface area contributed by atoms with E-state index in [1.807, 2.05) is 13.0 Å². The lowest BCUT2D eigenvalue weighted by atomic mass is 10.0.